The second-order valence-electron chi connectivity index (χ2n) is 10.1. The predicted molar refractivity (Wildman–Crippen MR) is 150 cm³/mol. The zero-order valence-corrected chi connectivity index (χ0v) is 22.1. The van der Waals surface area contributed by atoms with Gasteiger partial charge in [-0.3, -0.25) is 23.8 Å². The monoisotopic (exact) mass is 509 g/mol. The van der Waals surface area contributed by atoms with Gasteiger partial charge in [-0.15, -0.1) is 0 Å². The van der Waals surface area contributed by atoms with Crippen LogP contribution in [-0.4, -0.2) is 52.3 Å². The van der Waals surface area contributed by atoms with Gasteiger partial charge in [0, 0.05) is 45.3 Å². The number of carbonyl (C=O) groups excluding carboxylic acids is 2. The Bertz CT molecular complexity index is 1390. The van der Waals surface area contributed by atoms with Gasteiger partial charge in [0.05, 0.1) is 11.3 Å². The number of hydrogen-bond acceptors (Lipinski definition) is 4. The van der Waals surface area contributed by atoms with Gasteiger partial charge in [-0.2, -0.15) is 0 Å². The van der Waals surface area contributed by atoms with Crippen molar-refractivity contribution in [1.82, 2.24) is 19.6 Å². The Balaban J connectivity index is 1.22. The number of imidazole rings is 1. The van der Waals surface area contributed by atoms with Gasteiger partial charge in [-0.25, -0.2) is 4.98 Å². The highest BCUT2D eigenvalue weighted by Crippen LogP contribution is 2.23. The molecule has 0 atom stereocenters. The molecular weight excluding hydrogens is 474 g/mol. The van der Waals surface area contributed by atoms with Crippen molar-refractivity contribution in [1.29, 1.82) is 0 Å². The molecule has 1 saturated heterocycles. The largest absolute Gasteiger partial charge is 0.349 e. The number of nitrogens with one attached hydrogen (secondary N) is 1. The molecule has 0 aliphatic carbocycles. The number of fused-ring (bicyclic) bond motifs is 1. The highest BCUT2D eigenvalue weighted by molar-refractivity contribution is 5.95. The molecule has 4 aromatic rings. The van der Waals surface area contributed by atoms with E-state index in [1.807, 2.05) is 59.9 Å². The van der Waals surface area contributed by atoms with Crippen LogP contribution in [-0.2, 0) is 17.8 Å². The van der Waals surface area contributed by atoms with Gasteiger partial charge in [0.2, 0.25) is 5.91 Å². The van der Waals surface area contributed by atoms with Gasteiger partial charge >= 0.3 is 0 Å². The molecule has 1 aliphatic heterocycles. The number of likely N-dealkylation sites (tertiary alicyclic amines) is 1. The summed E-state index contributed by atoms with van der Waals surface area (Å²) in [5.74, 6) is 0.613. The Morgan fingerprint density at radius 3 is 2.29 bits per heavy atom. The fourth-order valence-corrected chi connectivity index (χ4v) is 5.22. The van der Waals surface area contributed by atoms with E-state index >= 15 is 0 Å². The molecule has 196 valence electrons. The van der Waals surface area contributed by atoms with Crippen LogP contribution in [0.2, 0.25) is 0 Å². The molecular formula is C31H35N5O2. The molecule has 3 heterocycles. The SMILES string of the molecule is Cc1nc2ccc(C(=O)NC3CCN(Cc4ccccc4)CC3)cn2c1N(C)C(=O)CCc1ccccc1. The number of nitrogens with zero attached hydrogens (tertiary/aromatic N) is 4. The van der Waals surface area contributed by atoms with E-state index in [9.17, 15) is 9.59 Å². The minimum absolute atomic E-state index is 0.0101. The molecule has 2 aromatic carbocycles. The fourth-order valence-electron chi connectivity index (χ4n) is 5.22. The molecule has 1 fully saturated rings. The normalized spacial score (nSPS) is 14.5. The smallest absolute Gasteiger partial charge is 0.252 e. The summed E-state index contributed by atoms with van der Waals surface area (Å²) in [4.78, 5) is 34.9. The zero-order valence-electron chi connectivity index (χ0n) is 22.1. The average molecular weight is 510 g/mol. The van der Waals surface area contributed by atoms with Crippen molar-refractivity contribution in [3.05, 3.63) is 101 Å². The highest BCUT2D eigenvalue weighted by atomic mass is 16.2. The van der Waals surface area contributed by atoms with Gasteiger partial charge < -0.3 is 5.32 Å². The first-order valence-corrected chi connectivity index (χ1v) is 13.3. The summed E-state index contributed by atoms with van der Waals surface area (Å²) in [6.07, 6.45) is 4.73. The first-order valence-electron chi connectivity index (χ1n) is 13.3. The van der Waals surface area contributed by atoms with E-state index in [2.05, 4.69) is 39.5 Å². The maximum absolute atomic E-state index is 13.2. The van der Waals surface area contributed by atoms with Crippen LogP contribution >= 0.6 is 0 Å². The topological polar surface area (TPSA) is 70.0 Å². The molecule has 0 radical (unpaired) electrons. The van der Waals surface area contributed by atoms with E-state index < -0.39 is 0 Å². The Hall–Kier alpha value is -3.97. The lowest BCUT2D eigenvalue weighted by atomic mass is 10.0. The van der Waals surface area contributed by atoms with Crippen molar-refractivity contribution in [3.63, 3.8) is 0 Å². The number of benzene rings is 2. The lowest BCUT2D eigenvalue weighted by Gasteiger charge is -2.32. The van der Waals surface area contributed by atoms with Crippen molar-refractivity contribution in [3.8, 4) is 0 Å². The van der Waals surface area contributed by atoms with E-state index in [-0.39, 0.29) is 17.9 Å². The van der Waals surface area contributed by atoms with E-state index in [0.29, 0.717) is 29.9 Å². The van der Waals surface area contributed by atoms with Gasteiger partial charge in [0.25, 0.3) is 5.91 Å². The second-order valence-corrected chi connectivity index (χ2v) is 10.1. The van der Waals surface area contributed by atoms with E-state index in [4.69, 9.17) is 0 Å². The molecule has 1 N–H and O–H groups in total. The average Bonchev–Trinajstić information content (AvgIpc) is 3.28. The fraction of sp³-hybridized carbons (Fsp3) is 0.323. The van der Waals surface area contributed by atoms with Crippen LogP contribution in [0, 0.1) is 6.92 Å². The molecule has 38 heavy (non-hydrogen) atoms. The zero-order chi connectivity index (χ0) is 26.5. The van der Waals surface area contributed by atoms with Crippen LogP contribution in [0.15, 0.2) is 79.0 Å². The number of hydrogen-bond donors (Lipinski definition) is 1. The van der Waals surface area contributed by atoms with E-state index in [0.717, 1.165) is 43.7 Å². The molecule has 7 nitrogen and oxygen atoms in total. The lowest BCUT2D eigenvalue weighted by Crippen LogP contribution is -2.44. The Morgan fingerprint density at radius 1 is 0.947 bits per heavy atom. The lowest BCUT2D eigenvalue weighted by molar-refractivity contribution is -0.118. The summed E-state index contributed by atoms with van der Waals surface area (Å²) in [5, 5.41) is 3.22. The molecule has 2 aromatic heterocycles. The minimum Gasteiger partial charge on any atom is -0.349 e. The highest BCUT2D eigenvalue weighted by Gasteiger charge is 2.23. The first-order chi connectivity index (χ1) is 18.5. The van der Waals surface area contributed by atoms with Crippen LogP contribution in [0.5, 0.6) is 0 Å². The number of carbonyl (C=O) groups is 2. The molecule has 0 bridgehead atoms. The standard InChI is InChI=1S/C31H35N5O2/c1-23-31(34(2)29(37)16-13-24-9-5-3-6-10-24)36-22-26(14-15-28(36)32-23)30(38)33-27-17-19-35(20-18-27)21-25-11-7-4-8-12-25/h3-12,14-15,22,27H,13,16-21H2,1-2H3,(H,33,38). The third-order valence-electron chi connectivity index (χ3n) is 7.36. The third kappa shape index (κ3) is 5.94. The van der Waals surface area contributed by atoms with Crippen molar-refractivity contribution >= 4 is 23.3 Å². The van der Waals surface area contributed by atoms with Crippen molar-refractivity contribution < 1.29 is 9.59 Å². The minimum atomic E-state index is -0.0937. The molecule has 0 unspecified atom stereocenters. The molecule has 1 aliphatic rings. The maximum atomic E-state index is 13.2. The van der Waals surface area contributed by atoms with Gasteiger partial charge in [-0.05, 0) is 49.4 Å². The van der Waals surface area contributed by atoms with E-state index in [1.54, 1.807) is 18.1 Å². The summed E-state index contributed by atoms with van der Waals surface area (Å²) in [5.41, 5.74) is 4.48. The van der Waals surface area contributed by atoms with Crippen molar-refractivity contribution in [2.45, 2.75) is 45.2 Å². The molecule has 0 spiro atoms. The molecule has 0 saturated carbocycles. The summed E-state index contributed by atoms with van der Waals surface area (Å²) < 4.78 is 1.85. The summed E-state index contributed by atoms with van der Waals surface area (Å²) >= 11 is 0. The van der Waals surface area contributed by atoms with Gasteiger partial charge in [0.1, 0.15) is 11.5 Å². The van der Waals surface area contributed by atoms with Crippen LogP contribution in [0.1, 0.15) is 46.4 Å². The van der Waals surface area contributed by atoms with Crippen molar-refractivity contribution in [2.75, 3.05) is 25.0 Å². The van der Waals surface area contributed by atoms with E-state index in [1.165, 1.54) is 5.56 Å². The number of aromatic nitrogens is 2. The molecule has 5 rings (SSSR count). The quantitative estimate of drug-likeness (QED) is 0.376. The Morgan fingerprint density at radius 2 is 1.61 bits per heavy atom. The Kier molecular flexibility index (Phi) is 7.84. The van der Waals surface area contributed by atoms with Crippen LogP contribution in [0.25, 0.3) is 5.65 Å². The Labute approximate surface area is 224 Å². The number of amides is 2. The summed E-state index contributed by atoms with van der Waals surface area (Å²) in [7, 11) is 1.78. The first kappa shape index (κ1) is 25.7. The number of aryl methyl sites for hydroxylation is 2. The number of anilines is 1. The van der Waals surface area contributed by atoms with Gasteiger partial charge in [-0.1, -0.05) is 60.7 Å². The number of pyridine rings is 1. The maximum Gasteiger partial charge on any atom is 0.252 e. The number of rotatable bonds is 8. The predicted octanol–water partition coefficient (Wildman–Crippen LogP) is 4.63. The molecule has 2 amide bonds. The second kappa shape index (κ2) is 11.6. The third-order valence-corrected chi connectivity index (χ3v) is 7.36. The van der Waals surface area contributed by atoms with Gasteiger partial charge in [0.15, 0.2) is 0 Å². The number of piperidine rings is 1. The van der Waals surface area contributed by atoms with Crippen molar-refractivity contribution in [2.24, 2.45) is 0 Å². The summed E-state index contributed by atoms with van der Waals surface area (Å²) in [6, 6.07) is 24.3. The van der Waals surface area contributed by atoms with Crippen LogP contribution in [0.3, 0.4) is 0 Å². The molecule has 7 heteroatoms. The summed E-state index contributed by atoms with van der Waals surface area (Å²) in [6.45, 7) is 4.75. The van der Waals surface area contributed by atoms with Crippen LogP contribution in [0.4, 0.5) is 5.82 Å². The van der Waals surface area contributed by atoms with Crippen LogP contribution < -0.4 is 10.2 Å².